The van der Waals surface area contributed by atoms with E-state index in [1.165, 1.54) is 5.56 Å². The van der Waals surface area contributed by atoms with Crippen LogP contribution < -0.4 is 4.74 Å². The molecule has 0 radical (unpaired) electrons. The van der Waals surface area contributed by atoms with Gasteiger partial charge in [-0.15, -0.1) is 11.3 Å². The number of fused-ring (bicyclic) bond motifs is 1. The topological polar surface area (TPSA) is 55.8 Å². The number of aliphatic carboxylic acids is 1. The molecule has 4 rings (SSSR count). The number of hydrogen-bond acceptors (Lipinski definition) is 5. The maximum Gasteiger partial charge on any atom is 0.337 e. The molecule has 1 unspecified atom stereocenters. The zero-order chi connectivity index (χ0) is 21.5. The molecule has 0 saturated carbocycles. The van der Waals surface area contributed by atoms with E-state index in [1.807, 2.05) is 39.8 Å². The largest absolute Gasteiger partial charge is 0.493 e. The van der Waals surface area contributed by atoms with Gasteiger partial charge in [-0.1, -0.05) is 6.07 Å². The first kappa shape index (κ1) is 21.1. The van der Waals surface area contributed by atoms with Gasteiger partial charge in [-0.05, 0) is 80.6 Å². The predicted molar refractivity (Wildman–Crippen MR) is 123 cm³/mol. The lowest BCUT2D eigenvalue weighted by atomic mass is 9.92. The minimum absolute atomic E-state index is 0.582. The zero-order valence-electron chi connectivity index (χ0n) is 17.7. The molecule has 0 fully saturated rings. The summed E-state index contributed by atoms with van der Waals surface area (Å²) in [6, 6.07) is 8.30. The summed E-state index contributed by atoms with van der Waals surface area (Å²) < 4.78 is 11.8. The van der Waals surface area contributed by atoms with Crippen LogP contribution in [0.3, 0.4) is 0 Å². The average Bonchev–Trinajstić information content (AvgIpc) is 3.32. The number of hydrogen-bond donors (Lipinski definition) is 1. The summed E-state index contributed by atoms with van der Waals surface area (Å²) >= 11 is 3.27. The number of carboxylic acid groups (broad SMARTS) is 1. The van der Waals surface area contributed by atoms with Gasteiger partial charge in [-0.2, -0.15) is 11.3 Å². The highest BCUT2D eigenvalue weighted by Crippen LogP contribution is 2.48. The number of benzene rings is 1. The molecule has 1 aromatic carbocycles. The number of carboxylic acids is 1. The third-order valence-electron chi connectivity index (χ3n) is 5.07. The summed E-state index contributed by atoms with van der Waals surface area (Å²) in [6.45, 7) is 8.40. The number of rotatable bonds is 5. The molecule has 2 aromatic heterocycles. The van der Waals surface area contributed by atoms with E-state index in [9.17, 15) is 9.90 Å². The second-order valence-electron chi connectivity index (χ2n) is 8.51. The maximum absolute atomic E-state index is 12.3. The lowest BCUT2D eigenvalue weighted by Gasteiger charge is -2.26. The number of aryl methyl sites for hydroxylation is 2. The Morgan fingerprint density at radius 3 is 2.70 bits per heavy atom. The third kappa shape index (κ3) is 4.17. The molecule has 30 heavy (non-hydrogen) atoms. The molecule has 0 aliphatic carbocycles. The molecule has 4 nitrogen and oxygen atoms in total. The molecule has 1 aliphatic heterocycles. The van der Waals surface area contributed by atoms with Crippen molar-refractivity contribution in [1.82, 2.24) is 0 Å². The van der Waals surface area contributed by atoms with Crippen molar-refractivity contribution in [2.75, 3.05) is 6.61 Å². The van der Waals surface area contributed by atoms with Gasteiger partial charge < -0.3 is 14.6 Å². The van der Waals surface area contributed by atoms with Crippen LogP contribution in [0.15, 0.2) is 35.0 Å². The molecule has 1 aliphatic rings. The highest BCUT2D eigenvalue weighted by molar-refractivity contribution is 7.16. The van der Waals surface area contributed by atoms with Crippen molar-refractivity contribution in [3.8, 4) is 27.3 Å². The van der Waals surface area contributed by atoms with E-state index in [1.54, 1.807) is 22.7 Å². The Morgan fingerprint density at radius 1 is 1.23 bits per heavy atom. The monoisotopic (exact) mass is 442 g/mol. The predicted octanol–water partition coefficient (Wildman–Crippen LogP) is 6.72. The fourth-order valence-corrected chi connectivity index (χ4v) is 5.78. The summed E-state index contributed by atoms with van der Waals surface area (Å²) in [4.78, 5) is 14.4. The van der Waals surface area contributed by atoms with Gasteiger partial charge in [0.1, 0.15) is 5.75 Å². The first-order chi connectivity index (χ1) is 14.2. The second-order valence-corrected chi connectivity index (χ2v) is 10.5. The molecular weight excluding hydrogens is 416 g/mol. The summed E-state index contributed by atoms with van der Waals surface area (Å²) in [6.07, 6.45) is 0.931. The Hall–Kier alpha value is -2.15. The molecule has 3 heterocycles. The van der Waals surface area contributed by atoms with Gasteiger partial charge in [-0.3, -0.25) is 0 Å². The van der Waals surface area contributed by atoms with Gasteiger partial charge >= 0.3 is 5.97 Å². The first-order valence-corrected chi connectivity index (χ1v) is 11.8. The van der Waals surface area contributed by atoms with Crippen LogP contribution in [0.25, 0.3) is 21.6 Å². The highest BCUT2D eigenvalue weighted by Gasteiger charge is 2.33. The van der Waals surface area contributed by atoms with Gasteiger partial charge in [0, 0.05) is 26.4 Å². The van der Waals surface area contributed by atoms with Crippen molar-refractivity contribution >= 4 is 28.6 Å². The second kappa shape index (κ2) is 8.17. The van der Waals surface area contributed by atoms with E-state index in [-0.39, 0.29) is 0 Å². The average molecular weight is 443 g/mol. The van der Waals surface area contributed by atoms with Crippen molar-refractivity contribution in [3.05, 3.63) is 51.0 Å². The first-order valence-electron chi connectivity index (χ1n) is 10.1. The number of thiophene rings is 2. The van der Waals surface area contributed by atoms with Crippen LogP contribution >= 0.6 is 22.7 Å². The van der Waals surface area contributed by atoms with E-state index < -0.39 is 17.7 Å². The van der Waals surface area contributed by atoms with Gasteiger partial charge in [0.05, 0.1) is 12.2 Å². The van der Waals surface area contributed by atoms with Crippen LogP contribution in [-0.4, -0.2) is 23.3 Å². The van der Waals surface area contributed by atoms with Crippen molar-refractivity contribution in [3.63, 3.8) is 0 Å². The van der Waals surface area contributed by atoms with Crippen LogP contribution in [0.5, 0.6) is 5.75 Å². The van der Waals surface area contributed by atoms with Crippen LogP contribution in [0.1, 0.15) is 49.3 Å². The fraction of sp³-hybridized carbons (Fsp3) is 0.375. The van der Waals surface area contributed by atoms with E-state index in [0.29, 0.717) is 0 Å². The normalized spacial score (nSPS) is 14.8. The Kier molecular flexibility index (Phi) is 5.75. The number of ether oxygens (including phenoxy) is 2. The standard InChI is InChI=1S/C24H26O4S2/c1-14-19(21(23(25)26)28-24(2,3)4)20(22(30-14)17-9-11-29-13-17)16-7-8-18-15(12-16)6-5-10-27-18/h7-9,11-13,21H,5-6,10H2,1-4H3,(H,25,26). The summed E-state index contributed by atoms with van der Waals surface area (Å²) in [5, 5.41) is 14.2. The van der Waals surface area contributed by atoms with E-state index in [2.05, 4.69) is 22.9 Å². The summed E-state index contributed by atoms with van der Waals surface area (Å²) in [5.74, 6) is -0.0402. The molecule has 0 saturated heterocycles. The summed E-state index contributed by atoms with van der Waals surface area (Å²) in [5.41, 5.74) is 4.43. The molecule has 1 atom stereocenters. The van der Waals surface area contributed by atoms with Crippen molar-refractivity contribution in [1.29, 1.82) is 0 Å². The smallest absolute Gasteiger partial charge is 0.337 e. The lowest BCUT2D eigenvalue weighted by molar-refractivity contribution is -0.160. The SMILES string of the molecule is Cc1sc(-c2ccsc2)c(-c2ccc3c(c2)CCCO3)c1C(OC(C)(C)C)C(=O)O. The van der Waals surface area contributed by atoms with E-state index >= 15 is 0 Å². The van der Waals surface area contributed by atoms with Crippen molar-refractivity contribution < 1.29 is 19.4 Å². The van der Waals surface area contributed by atoms with E-state index in [0.717, 1.165) is 57.2 Å². The molecule has 158 valence electrons. The number of carbonyl (C=O) groups is 1. The molecular formula is C24H26O4S2. The lowest BCUT2D eigenvalue weighted by Crippen LogP contribution is -2.27. The Bertz CT molecular complexity index is 1060. The molecule has 6 heteroatoms. The van der Waals surface area contributed by atoms with Crippen LogP contribution in [0.4, 0.5) is 0 Å². The molecule has 0 bridgehead atoms. The Balaban J connectivity index is 1.94. The fourth-order valence-electron chi connectivity index (χ4n) is 3.86. The summed E-state index contributed by atoms with van der Waals surface area (Å²) in [7, 11) is 0. The maximum atomic E-state index is 12.3. The Morgan fingerprint density at radius 2 is 2.03 bits per heavy atom. The van der Waals surface area contributed by atoms with Crippen LogP contribution in [0.2, 0.25) is 0 Å². The minimum Gasteiger partial charge on any atom is -0.493 e. The van der Waals surface area contributed by atoms with E-state index in [4.69, 9.17) is 9.47 Å². The molecule has 1 N–H and O–H groups in total. The van der Waals surface area contributed by atoms with Gasteiger partial charge in [-0.25, -0.2) is 4.79 Å². The Labute approximate surface area is 185 Å². The molecule has 0 amide bonds. The quantitative estimate of drug-likeness (QED) is 0.477. The van der Waals surface area contributed by atoms with Crippen molar-refractivity contribution in [2.45, 2.75) is 52.2 Å². The van der Waals surface area contributed by atoms with Crippen LogP contribution in [-0.2, 0) is 16.0 Å². The van der Waals surface area contributed by atoms with Gasteiger partial charge in [0.2, 0.25) is 0 Å². The third-order valence-corrected chi connectivity index (χ3v) is 6.92. The van der Waals surface area contributed by atoms with Crippen LogP contribution in [0, 0.1) is 6.92 Å². The highest BCUT2D eigenvalue weighted by atomic mass is 32.1. The minimum atomic E-state index is -1.03. The molecule has 3 aromatic rings. The van der Waals surface area contributed by atoms with Crippen molar-refractivity contribution in [2.24, 2.45) is 0 Å². The zero-order valence-corrected chi connectivity index (χ0v) is 19.3. The van der Waals surface area contributed by atoms with Gasteiger partial charge in [0.25, 0.3) is 0 Å². The van der Waals surface area contributed by atoms with Gasteiger partial charge in [0.15, 0.2) is 6.10 Å². The molecule has 0 spiro atoms.